The van der Waals surface area contributed by atoms with Crippen LogP contribution in [0.4, 0.5) is 10.5 Å². The lowest BCUT2D eigenvalue weighted by molar-refractivity contribution is -0.152. The van der Waals surface area contributed by atoms with Crippen molar-refractivity contribution in [1.29, 1.82) is 0 Å². The number of anilines is 1. The largest absolute Gasteiger partial charge is 0.479 e. The van der Waals surface area contributed by atoms with Crippen LogP contribution in [-0.4, -0.2) is 54.9 Å². The molecule has 0 aliphatic carbocycles. The maximum absolute atomic E-state index is 12.7. The fourth-order valence-electron chi connectivity index (χ4n) is 3.10. The topological polar surface area (TPSA) is 70.1 Å². The first-order valence-electron chi connectivity index (χ1n) is 7.95. The summed E-state index contributed by atoms with van der Waals surface area (Å²) in [6.45, 7) is 3.65. The van der Waals surface area contributed by atoms with Gasteiger partial charge in [-0.2, -0.15) is 0 Å². The van der Waals surface area contributed by atoms with Crippen LogP contribution in [0.2, 0.25) is 0 Å². The first-order valence-corrected chi connectivity index (χ1v) is 7.95. The number of aliphatic carboxylic acids is 1. The SMILES string of the molecule is CCN(C(=O)N1CCC(C(OC)C(=O)O)CC1)c1ccccc1. The summed E-state index contributed by atoms with van der Waals surface area (Å²) in [6.07, 6.45) is 0.495. The Morgan fingerprint density at radius 2 is 1.91 bits per heavy atom. The molecule has 1 aromatic rings. The van der Waals surface area contributed by atoms with Crippen molar-refractivity contribution < 1.29 is 19.4 Å². The lowest BCUT2D eigenvalue weighted by Gasteiger charge is -2.36. The minimum Gasteiger partial charge on any atom is -0.479 e. The molecule has 0 saturated carbocycles. The number of likely N-dealkylation sites (tertiary alicyclic amines) is 1. The van der Waals surface area contributed by atoms with Crippen LogP contribution in [0.25, 0.3) is 0 Å². The second-order valence-corrected chi connectivity index (χ2v) is 5.68. The molecule has 2 rings (SSSR count). The summed E-state index contributed by atoms with van der Waals surface area (Å²) in [5.74, 6) is -0.981. The summed E-state index contributed by atoms with van der Waals surface area (Å²) in [4.78, 5) is 27.4. The van der Waals surface area contributed by atoms with E-state index in [9.17, 15) is 9.59 Å². The van der Waals surface area contributed by atoms with E-state index in [0.717, 1.165) is 5.69 Å². The number of carbonyl (C=O) groups is 2. The number of carbonyl (C=O) groups excluding carboxylic acids is 1. The number of hydrogen-bond donors (Lipinski definition) is 1. The number of para-hydroxylation sites is 1. The first-order chi connectivity index (χ1) is 11.1. The van der Waals surface area contributed by atoms with Crippen molar-refractivity contribution in [3.8, 4) is 0 Å². The minimum atomic E-state index is -0.934. The highest BCUT2D eigenvalue weighted by Crippen LogP contribution is 2.24. The van der Waals surface area contributed by atoms with Crippen LogP contribution in [0.15, 0.2) is 30.3 Å². The number of rotatable bonds is 5. The molecular formula is C17H24N2O4. The second kappa shape index (κ2) is 7.97. The smallest absolute Gasteiger partial charge is 0.333 e. The monoisotopic (exact) mass is 320 g/mol. The molecule has 6 heteroatoms. The maximum Gasteiger partial charge on any atom is 0.333 e. The standard InChI is InChI=1S/C17H24N2O4/c1-3-19(14-7-5-4-6-8-14)17(22)18-11-9-13(10-12-18)15(23-2)16(20)21/h4-8,13,15H,3,9-12H2,1-2H3,(H,20,21). The van der Waals surface area contributed by atoms with Gasteiger partial charge in [-0.15, -0.1) is 0 Å². The van der Waals surface area contributed by atoms with Gasteiger partial charge in [0.2, 0.25) is 0 Å². The summed E-state index contributed by atoms with van der Waals surface area (Å²) in [5.41, 5.74) is 0.877. The summed E-state index contributed by atoms with van der Waals surface area (Å²) in [6, 6.07) is 9.55. The van der Waals surface area contributed by atoms with Gasteiger partial charge < -0.3 is 14.7 Å². The van der Waals surface area contributed by atoms with E-state index in [1.165, 1.54) is 7.11 Å². The summed E-state index contributed by atoms with van der Waals surface area (Å²) in [7, 11) is 1.42. The zero-order valence-electron chi connectivity index (χ0n) is 13.6. The average molecular weight is 320 g/mol. The predicted octanol–water partition coefficient (Wildman–Crippen LogP) is 2.44. The van der Waals surface area contributed by atoms with E-state index < -0.39 is 12.1 Å². The Balaban J connectivity index is 1.99. The van der Waals surface area contributed by atoms with Gasteiger partial charge in [-0.3, -0.25) is 4.90 Å². The number of carboxylic acids is 1. The molecule has 0 aromatic heterocycles. The van der Waals surface area contributed by atoms with Crippen LogP contribution >= 0.6 is 0 Å². The summed E-state index contributed by atoms with van der Waals surface area (Å²) < 4.78 is 5.07. The third-order valence-corrected chi connectivity index (χ3v) is 4.35. The molecule has 1 fully saturated rings. The average Bonchev–Trinajstić information content (AvgIpc) is 2.57. The molecule has 1 atom stereocenters. The van der Waals surface area contributed by atoms with Gasteiger partial charge in [-0.25, -0.2) is 9.59 Å². The van der Waals surface area contributed by atoms with E-state index in [1.54, 1.807) is 9.80 Å². The highest BCUT2D eigenvalue weighted by atomic mass is 16.5. The number of carboxylic acid groups (broad SMARTS) is 1. The third-order valence-electron chi connectivity index (χ3n) is 4.35. The molecule has 1 aromatic carbocycles. The molecule has 0 spiro atoms. The molecule has 1 aliphatic heterocycles. The molecule has 0 radical (unpaired) electrons. The summed E-state index contributed by atoms with van der Waals surface area (Å²) in [5, 5.41) is 9.16. The molecule has 1 aliphatic rings. The Kier molecular flexibility index (Phi) is 5.98. The maximum atomic E-state index is 12.7. The van der Waals surface area contributed by atoms with Gasteiger partial charge in [0.25, 0.3) is 0 Å². The molecule has 1 saturated heterocycles. The van der Waals surface area contributed by atoms with Gasteiger partial charge in [0.1, 0.15) is 0 Å². The van der Waals surface area contributed by atoms with E-state index in [1.807, 2.05) is 37.3 Å². The van der Waals surface area contributed by atoms with Crippen molar-refractivity contribution >= 4 is 17.7 Å². The van der Waals surface area contributed by atoms with Crippen LogP contribution in [-0.2, 0) is 9.53 Å². The Labute approximate surface area is 136 Å². The van der Waals surface area contributed by atoms with Crippen LogP contribution in [0, 0.1) is 5.92 Å². The van der Waals surface area contributed by atoms with Crippen molar-refractivity contribution in [2.45, 2.75) is 25.9 Å². The number of benzene rings is 1. The molecule has 126 valence electrons. The Morgan fingerprint density at radius 3 is 2.39 bits per heavy atom. The highest BCUT2D eigenvalue weighted by molar-refractivity contribution is 5.92. The number of methoxy groups -OCH3 is 1. The number of hydrogen-bond acceptors (Lipinski definition) is 3. The van der Waals surface area contributed by atoms with E-state index in [0.29, 0.717) is 32.5 Å². The van der Waals surface area contributed by atoms with Gasteiger partial charge >= 0.3 is 12.0 Å². The number of amides is 2. The molecule has 0 bridgehead atoms. The van der Waals surface area contributed by atoms with Crippen LogP contribution in [0.5, 0.6) is 0 Å². The van der Waals surface area contributed by atoms with E-state index in [-0.39, 0.29) is 11.9 Å². The molecule has 23 heavy (non-hydrogen) atoms. The lowest BCUT2D eigenvalue weighted by atomic mass is 9.91. The van der Waals surface area contributed by atoms with Crippen LogP contribution in [0.3, 0.4) is 0 Å². The number of urea groups is 1. The zero-order chi connectivity index (χ0) is 16.8. The molecule has 1 heterocycles. The Bertz CT molecular complexity index is 527. The molecule has 1 N–H and O–H groups in total. The predicted molar refractivity (Wildman–Crippen MR) is 87.6 cm³/mol. The fraction of sp³-hybridized carbons (Fsp3) is 0.529. The quantitative estimate of drug-likeness (QED) is 0.904. The van der Waals surface area contributed by atoms with Crippen molar-refractivity contribution in [3.63, 3.8) is 0 Å². The third kappa shape index (κ3) is 4.01. The van der Waals surface area contributed by atoms with Crippen molar-refractivity contribution in [1.82, 2.24) is 4.90 Å². The van der Waals surface area contributed by atoms with Gasteiger partial charge in [0.05, 0.1) is 0 Å². The summed E-state index contributed by atoms with van der Waals surface area (Å²) >= 11 is 0. The number of ether oxygens (including phenoxy) is 1. The lowest BCUT2D eigenvalue weighted by Crippen LogP contribution is -2.49. The van der Waals surface area contributed by atoms with Crippen LogP contribution in [0.1, 0.15) is 19.8 Å². The van der Waals surface area contributed by atoms with E-state index >= 15 is 0 Å². The number of piperidine rings is 1. The van der Waals surface area contributed by atoms with Gasteiger partial charge in [0, 0.05) is 32.4 Å². The molecule has 1 unspecified atom stereocenters. The Hall–Kier alpha value is -2.08. The molecule has 2 amide bonds. The second-order valence-electron chi connectivity index (χ2n) is 5.68. The van der Waals surface area contributed by atoms with E-state index in [4.69, 9.17) is 9.84 Å². The zero-order valence-corrected chi connectivity index (χ0v) is 13.6. The molecular weight excluding hydrogens is 296 g/mol. The van der Waals surface area contributed by atoms with Crippen LogP contribution < -0.4 is 4.90 Å². The number of nitrogens with zero attached hydrogens (tertiary/aromatic N) is 2. The fourth-order valence-corrected chi connectivity index (χ4v) is 3.10. The van der Waals surface area contributed by atoms with Crippen molar-refractivity contribution in [3.05, 3.63) is 30.3 Å². The minimum absolute atomic E-state index is 0.0264. The van der Waals surface area contributed by atoms with Gasteiger partial charge in [-0.1, -0.05) is 18.2 Å². The highest BCUT2D eigenvalue weighted by Gasteiger charge is 2.33. The van der Waals surface area contributed by atoms with Crippen molar-refractivity contribution in [2.24, 2.45) is 5.92 Å². The Morgan fingerprint density at radius 1 is 1.30 bits per heavy atom. The van der Waals surface area contributed by atoms with Crippen molar-refractivity contribution in [2.75, 3.05) is 31.6 Å². The van der Waals surface area contributed by atoms with E-state index in [2.05, 4.69) is 0 Å². The molecule has 6 nitrogen and oxygen atoms in total. The van der Waals surface area contributed by atoms with Gasteiger partial charge in [-0.05, 0) is 37.8 Å². The van der Waals surface area contributed by atoms with Gasteiger partial charge in [0.15, 0.2) is 6.10 Å². The normalized spacial score (nSPS) is 16.9. The first kappa shape index (κ1) is 17.3.